The van der Waals surface area contributed by atoms with Gasteiger partial charge in [-0.2, -0.15) is 0 Å². The highest BCUT2D eigenvalue weighted by atomic mass is 79.9. The third-order valence-corrected chi connectivity index (χ3v) is 5.69. The summed E-state index contributed by atoms with van der Waals surface area (Å²) in [6.45, 7) is 0.297. The maximum atomic E-state index is 12.0. The minimum Gasteiger partial charge on any atom is -0.207 e. The topological polar surface area (TPSA) is 46.2 Å². The summed E-state index contributed by atoms with van der Waals surface area (Å²) in [7, 11) is -3.46. The van der Waals surface area contributed by atoms with Gasteiger partial charge in [-0.25, -0.2) is 13.1 Å². The Kier molecular flexibility index (Phi) is 4.60. The van der Waals surface area contributed by atoms with Crippen LogP contribution in [-0.2, 0) is 16.6 Å². The maximum Gasteiger partial charge on any atom is 0.240 e. The zero-order valence-corrected chi connectivity index (χ0v) is 13.9. The molecule has 0 unspecified atom stereocenters. The van der Waals surface area contributed by atoms with Gasteiger partial charge in [-0.3, -0.25) is 0 Å². The molecule has 0 saturated carbocycles. The van der Waals surface area contributed by atoms with Crippen molar-refractivity contribution >= 4 is 53.2 Å². The van der Waals surface area contributed by atoms with Gasteiger partial charge in [-0.05, 0) is 46.3 Å². The van der Waals surface area contributed by atoms with Crippen molar-refractivity contribution < 1.29 is 8.42 Å². The van der Waals surface area contributed by atoms with Gasteiger partial charge in [0.25, 0.3) is 0 Å². The lowest BCUT2D eigenvalue weighted by molar-refractivity contribution is 0.582. The molecule has 0 radical (unpaired) electrons. The summed E-state index contributed by atoms with van der Waals surface area (Å²) in [5.41, 5.74) is 0. The van der Waals surface area contributed by atoms with E-state index in [0.29, 0.717) is 6.54 Å². The zero-order valence-electron chi connectivity index (χ0n) is 9.06. The quantitative estimate of drug-likeness (QED) is 0.834. The Morgan fingerprint density at radius 3 is 2.56 bits per heavy atom. The van der Waals surface area contributed by atoms with E-state index in [2.05, 4.69) is 36.6 Å². The minimum atomic E-state index is -3.46. The van der Waals surface area contributed by atoms with E-state index in [1.165, 1.54) is 11.3 Å². The lowest BCUT2D eigenvalue weighted by Gasteiger charge is -2.05. The molecule has 0 aliphatic carbocycles. The number of rotatable bonds is 4. The number of nitrogens with one attached hydrogen (secondary N) is 1. The number of hydrogen-bond acceptors (Lipinski definition) is 3. The summed E-state index contributed by atoms with van der Waals surface area (Å²) >= 11 is 8.11. The van der Waals surface area contributed by atoms with Gasteiger partial charge in [0, 0.05) is 15.9 Å². The standard InChI is InChI=1S/C11H9Br2NO2S2/c12-8-2-1-3-10(6-8)18(15,16)14-7-9-4-5-11(13)17-9/h1-6,14H,7H2. The number of sulfonamides is 1. The first-order valence-corrected chi connectivity index (χ1v) is 8.85. The Balaban J connectivity index is 2.13. The Morgan fingerprint density at radius 1 is 1.17 bits per heavy atom. The van der Waals surface area contributed by atoms with Gasteiger partial charge in [0.2, 0.25) is 10.0 Å². The highest BCUT2D eigenvalue weighted by molar-refractivity contribution is 9.11. The molecule has 0 aliphatic heterocycles. The SMILES string of the molecule is O=S(=O)(NCc1ccc(Br)s1)c1cccc(Br)c1. The van der Waals surface area contributed by atoms with Crippen molar-refractivity contribution in [2.24, 2.45) is 0 Å². The molecule has 3 nitrogen and oxygen atoms in total. The van der Waals surface area contributed by atoms with Crippen LogP contribution < -0.4 is 4.72 Å². The second-order valence-corrected chi connectivity index (χ2v) is 8.72. The Morgan fingerprint density at radius 2 is 1.94 bits per heavy atom. The third-order valence-electron chi connectivity index (χ3n) is 2.17. The van der Waals surface area contributed by atoms with Crippen LogP contribution in [0.1, 0.15) is 4.88 Å². The molecule has 2 aromatic rings. The van der Waals surface area contributed by atoms with Crippen molar-refractivity contribution in [2.45, 2.75) is 11.4 Å². The second-order valence-electron chi connectivity index (χ2n) is 3.49. The molecular weight excluding hydrogens is 402 g/mol. The summed E-state index contributed by atoms with van der Waals surface area (Å²) in [6.07, 6.45) is 0. The van der Waals surface area contributed by atoms with Crippen LogP contribution in [0.4, 0.5) is 0 Å². The van der Waals surface area contributed by atoms with Gasteiger partial charge in [0.05, 0.1) is 8.68 Å². The van der Waals surface area contributed by atoms with Crippen molar-refractivity contribution in [3.63, 3.8) is 0 Å². The molecular formula is C11H9Br2NO2S2. The Hall–Kier alpha value is -0.210. The summed E-state index contributed by atoms with van der Waals surface area (Å²) in [5.74, 6) is 0. The largest absolute Gasteiger partial charge is 0.240 e. The zero-order chi connectivity index (χ0) is 13.2. The molecule has 0 atom stereocenters. The molecule has 0 spiro atoms. The monoisotopic (exact) mass is 409 g/mol. The molecule has 1 aromatic carbocycles. The molecule has 7 heteroatoms. The van der Waals surface area contributed by atoms with Gasteiger partial charge in [0.1, 0.15) is 0 Å². The number of halogens is 2. The predicted octanol–water partition coefficient (Wildman–Crippen LogP) is 3.75. The summed E-state index contributed by atoms with van der Waals surface area (Å²) in [4.78, 5) is 1.22. The first-order chi connectivity index (χ1) is 8.47. The summed E-state index contributed by atoms with van der Waals surface area (Å²) in [5, 5.41) is 0. The van der Waals surface area contributed by atoms with E-state index < -0.39 is 10.0 Å². The summed E-state index contributed by atoms with van der Waals surface area (Å²) in [6, 6.07) is 10.4. The van der Waals surface area contributed by atoms with Gasteiger partial charge < -0.3 is 0 Å². The van der Waals surface area contributed by atoms with Crippen molar-refractivity contribution in [3.8, 4) is 0 Å². The fourth-order valence-corrected chi connectivity index (χ4v) is 4.45. The molecule has 0 fully saturated rings. The molecule has 1 aromatic heterocycles. The molecule has 1 N–H and O–H groups in total. The first-order valence-electron chi connectivity index (χ1n) is 4.97. The van der Waals surface area contributed by atoms with Crippen LogP contribution in [0.5, 0.6) is 0 Å². The average molecular weight is 411 g/mol. The fraction of sp³-hybridized carbons (Fsp3) is 0.0909. The number of thiophene rings is 1. The van der Waals surface area contributed by atoms with Gasteiger partial charge in [-0.1, -0.05) is 22.0 Å². The second kappa shape index (κ2) is 5.83. The molecule has 0 amide bonds. The lowest BCUT2D eigenvalue weighted by Crippen LogP contribution is -2.22. The first kappa shape index (κ1) is 14.2. The van der Waals surface area contributed by atoms with Gasteiger partial charge >= 0.3 is 0 Å². The lowest BCUT2D eigenvalue weighted by atomic mass is 10.4. The molecule has 0 aliphatic rings. The van der Waals surface area contributed by atoms with E-state index in [1.807, 2.05) is 12.1 Å². The normalized spacial score (nSPS) is 11.7. The number of benzene rings is 1. The van der Waals surface area contributed by atoms with E-state index in [9.17, 15) is 8.42 Å². The van der Waals surface area contributed by atoms with E-state index in [1.54, 1.807) is 24.3 Å². The third kappa shape index (κ3) is 3.64. The Bertz CT molecular complexity index is 653. The smallest absolute Gasteiger partial charge is 0.207 e. The Labute approximate surface area is 127 Å². The van der Waals surface area contributed by atoms with E-state index in [4.69, 9.17) is 0 Å². The number of hydrogen-bond donors (Lipinski definition) is 1. The van der Waals surface area contributed by atoms with Gasteiger partial charge in [-0.15, -0.1) is 11.3 Å². The van der Waals surface area contributed by atoms with Crippen molar-refractivity contribution in [1.82, 2.24) is 4.72 Å². The van der Waals surface area contributed by atoms with E-state index in [-0.39, 0.29) is 4.90 Å². The van der Waals surface area contributed by atoms with Crippen molar-refractivity contribution in [2.75, 3.05) is 0 Å². The molecule has 96 valence electrons. The van der Waals surface area contributed by atoms with Crippen LogP contribution in [0, 0.1) is 0 Å². The van der Waals surface area contributed by atoms with Crippen molar-refractivity contribution in [3.05, 3.63) is 49.5 Å². The van der Waals surface area contributed by atoms with Crippen LogP contribution >= 0.6 is 43.2 Å². The molecule has 1 heterocycles. The van der Waals surface area contributed by atoms with Gasteiger partial charge in [0.15, 0.2) is 0 Å². The van der Waals surface area contributed by atoms with Crippen LogP contribution in [0.3, 0.4) is 0 Å². The van der Waals surface area contributed by atoms with Crippen molar-refractivity contribution in [1.29, 1.82) is 0 Å². The highest BCUT2D eigenvalue weighted by Crippen LogP contribution is 2.22. The molecule has 2 rings (SSSR count). The highest BCUT2D eigenvalue weighted by Gasteiger charge is 2.14. The average Bonchev–Trinajstić information content (AvgIpc) is 2.73. The van der Waals surface area contributed by atoms with E-state index >= 15 is 0 Å². The van der Waals surface area contributed by atoms with Crippen LogP contribution in [0.15, 0.2) is 49.6 Å². The fourth-order valence-electron chi connectivity index (χ4n) is 1.33. The van der Waals surface area contributed by atoms with Crippen LogP contribution in [0.2, 0.25) is 0 Å². The van der Waals surface area contributed by atoms with Crippen LogP contribution in [0.25, 0.3) is 0 Å². The van der Waals surface area contributed by atoms with Crippen LogP contribution in [-0.4, -0.2) is 8.42 Å². The maximum absolute atomic E-state index is 12.0. The molecule has 18 heavy (non-hydrogen) atoms. The van der Waals surface area contributed by atoms with E-state index in [0.717, 1.165) is 13.1 Å². The predicted molar refractivity (Wildman–Crippen MR) is 80.2 cm³/mol. The molecule has 0 bridgehead atoms. The molecule has 0 saturated heterocycles. The summed E-state index contributed by atoms with van der Waals surface area (Å²) < 4.78 is 28.3. The minimum absolute atomic E-state index is 0.257.